The minimum Gasteiger partial charge on any atom is -0.337 e. The number of nitrogens with zero attached hydrogens (tertiary/aromatic N) is 5. The van der Waals surface area contributed by atoms with E-state index in [1.807, 2.05) is 49.3 Å². The average molecular weight is 379 g/mol. The highest BCUT2D eigenvalue weighted by Crippen LogP contribution is 2.22. The number of benzene rings is 1. The van der Waals surface area contributed by atoms with Crippen LogP contribution in [0.5, 0.6) is 0 Å². The predicted molar refractivity (Wildman–Crippen MR) is 107 cm³/mol. The van der Waals surface area contributed by atoms with Crippen LogP contribution in [0.25, 0.3) is 10.8 Å². The molecular formula is C21H25N5O2. The minimum atomic E-state index is -0.149. The highest BCUT2D eigenvalue weighted by Gasteiger charge is 2.27. The Kier molecular flexibility index (Phi) is 4.98. The molecule has 0 N–H and O–H groups in total. The van der Waals surface area contributed by atoms with Crippen LogP contribution < -0.4 is 5.56 Å². The average Bonchev–Trinajstić information content (AvgIpc) is 3.13. The lowest BCUT2D eigenvalue weighted by Gasteiger charge is -2.32. The standard InChI is InChI=1S/C21H25N5O2/c1-3-26-20(27)18-7-5-4-6-17(18)19(23-26)21(28)24-11-8-16(9-12-24)14-25-13-10-22-15(25)2/h4-7,10,13,16H,3,8-9,11-12,14H2,1-2H3. The zero-order valence-electron chi connectivity index (χ0n) is 16.3. The molecule has 1 fully saturated rings. The maximum Gasteiger partial charge on any atom is 0.274 e. The number of imidazole rings is 1. The molecule has 7 nitrogen and oxygen atoms in total. The third-order valence-electron chi connectivity index (χ3n) is 5.65. The molecule has 2 aromatic heterocycles. The van der Waals surface area contributed by atoms with Crippen molar-refractivity contribution in [1.29, 1.82) is 0 Å². The molecule has 1 aromatic carbocycles. The summed E-state index contributed by atoms with van der Waals surface area (Å²) in [7, 11) is 0. The highest BCUT2D eigenvalue weighted by atomic mass is 16.2. The van der Waals surface area contributed by atoms with E-state index in [-0.39, 0.29) is 11.5 Å². The van der Waals surface area contributed by atoms with Crippen LogP contribution in [0.3, 0.4) is 0 Å². The van der Waals surface area contributed by atoms with Gasteiger partial charge in [-0.25, -0.2) is 9.67 Å². The quantitative estimate of drug-likeness (QED) is 0.698. The number of likely N-dealkylation sites (tertiary alicyclic amines) is 1. The van der Waals surface area contributed by atoms with Gasteiger partial charge in [-0.2, -0.15) is 5.10 Å². The van der Waals surface area contributed by atoms with Crippen LogP contribution in [-0.2, 0) is 13.1 Å². The monoisotopic (exact) mass is 379 g/mol. The summed E-state index contributed by atoms with van der Waals surface area (Å²) in [6.45, 7) is 6.67. The van der Waals surface area contributed by atoms with Crippen LogP contribution in [0.1, 0.15) is 36.1 Å². The number of hydrogen-bond acceptors (Lipinski definition) is 4. The van der Waals surface area contributed by atoms with Gasteiger partial charge in [-0.1, -0.05) is 18.2 Å². The molecule has 146 valence electrons. The van der Waals surface area contributed by atoms with Crippen molar-refractivity contribution in [2.75, 3.05) is 13.1 Å². The zero-order valence-corrected chi connectivity index (χ0v) is 16.3. The van der Waals surface area contributed by atoms with Crippen molar-refractivity contribution in [3.05, 3.63) is 58.5 Å². The van der Waals surface area contributed by atoms with E-state index in [1.165, 1.54) is 4.68 Å². The van der Waals surface area contributed by atoms with Gasteiger partial charge in [-0.3, -0.25) is 9.59 Å². The lowest BCUT2D eigenvalue weighted by molar-refractivity contribution is 0.0676. The Morgan fingerprint density at radius 3 is 2.54 bits per heavy atom. The van der Waals surface area contributed by atoms with E-state index in [1.54, 1.807) is 6.07 Å². The first kappa shape index (κ1) is 18.4. The van der Waals surface area contributed by atoms with E-state index < -0.39 is 0 Å². The predicted octanol–water partition coefficient (Wildman–Crippen LogP) is 2.47. The molecule has 0 aliphatic carbocycles. The summed E-state index contributed by atoms with van der Waals surface area (Å²) in [6.07, 6.45) is 5.74. The van der Waals surface area contributed by atoms with Gasteiger partial charge in [0, 0.05) is 44.0 Å². The molecule has 1 aliphatic rings. The van der Waals surface area contributed by atoms with Crippen molar-refractivity contribution >= 4 is 16.7 Å². The van der Waals surface area contributed by atoms with Crippen molar-refractivity contribution in [3.63, 3.8) is 0 Å². The van der Waals surface area contributed by atoms with Gasteiger partial charge < -0.3 is 9.47 Å². The Hall–Kier alpha value is -2.96. The normalized spacial score (nSPS) is 15.3. The number of aromatic nitrogens is 4. The van der Waals surface area contributed by atoms with Gasteiger partial charge in [0.05, 0.1) is 5.39 Å². The molecular weight excluding hydrogens is 354 g/mol. The van der Waals surface area contributed by atoms with E-state index in [2.05, 4.69) is 14.6 Å². The Morgan fingerprint density at radius 2 is 1.89 bits per heavy atom. The lowest BCUT2D eigenvalue weighted by atomic mass is 9.96. The molecule has 0 bridgehead atoms. The van der Waals surface area contributed by atoms with Crippen molar-refractivity contribution < 1.29 is 4.79 Å². The van der Waals surface area contributed by atoms with Crippen LogP contribution in [0.2, 0.25) is 0 Å². The first-order valence-electron chi connectivity index (χ1n) is 9.85. The molecule has 1 aliphatic heterocycles. The SMILES string of the molecule is CCn1nc(C(=O)N2CCC(Cn3ccnc3C)CC2)c2ccccc2c1=O. The smallest absolute Gasteiger partial charge is 0.274 e. The molecule has 0 atom stereocenters. The van der Waals surface area contributed by atoms with Gasteiger partial charge >= 0.3 is 0 Å². The van der Waals surface area contributed by atoms with E-state index in [0.717, 1.165) is 25.2 Å². The third kappa shape index (κ3) is 3.32. The van der Waals surface area contributed by atoms with Gasteiger partial charge in [0.2, 0.25) is 0 Å². The summed E-state index contributed by atoms with van der Waals surface area (Å²) >= 11 is 0. The van der Waals surface area contributed by atoms with Crippen molar-refractivity contribution in [2.24, 2.45) is 5.92 Å². The van der Waals surface area contributed by atoms with Crippen LogP contribution in [0.15, 0.2) is 41.5 Å². The molecule has 28 heavy (non-hydrogen) atoms. The molecule has 1 saturated heterocycles. The first-order valence-corrected chi connectivity index (χ1v) is 9.85. The number of hydrogen-bond donors (Lipinski definition) is 0. The summed E-state index contributed by atoms with van der Waals surface area (Å²) in [5.74, 6) is 1.47. The topological polar surface area (TPSA) is 73.0 Å². The van der Waals surface area contributed by atoms with Crippen LogP contribution in [0.4, 0.5) is 0 Å². The van der Waals surface area contributed by atoms with Crippen molar-refractivity contribution in [1.82, 2.24) is 24.2 Å². The number of amides is 1. The molecule has 7 heteroatoms. The Morgan fingerprint density at radius 1 is 1.18 bits per heavy atom. The maximum atomic E-state index is 13.2. The van der Waals surface area contributed by atoms with Gasteiger partial charge in [0.1, 0.15) is 5.82 Å². The van der Waals surface area contributed by atoms with Crippen molar-refractivity contribution in [3.8, 4) is 0 Å². The molecule has 0 saturated carbocycles. The largest absolute Gasteiger partial charge is 0.337 e. The fourth-order valence-corrected chi connectivity index (χ4v) is 3.95. The minimum absolute atomic E-state index is 0.0874. The van der Waals surface area contributed by atoms with Crippen molar-refractivity contribution in [2.45, 2.75) is 39.8 Å². The van der Waals surface area contributed by atoms with E-state index in [9.17, 15) is 9.59 Å². The number of aryl methyl sites for hydroxylation is 2. The molecule has 0 spiro atoms. The number of rotatable bonds is 4. The highest BCUT2D eigenvalue weighted by molar-refractivity contribution is 6.04. The Bertz CT molecular complexity index is 1060. The van der Waals surface area contributed by atoms with Gasteiger partial charge in [0.15, 0.2) is 5.69 Å². The van der Waals surface area contributed by atoms with Crippen LogP contribution >= 0.6 is 0 Å². The van der Waals surface area contributed by atoms with E-state index in [0.29, 0.717) is 42.0 Å². The maximum absolute atomic E-state index is 13.2. The number of piperidine rings is 1. The summed E-state index contributed by atoms with van der Waals surface area (Å²) in [4.78, 5) is 31.9. The fourth-order valence-electron chi connectivity index (χ4n) is 3.95. The third-order valence-corrected chi connectivity index (χ3v) is 5.65. The molecule has 0 unspecified atom stereocenters. The lowest BCUT2D eigenvalue weighted by Crippen LogP contribution is -2.40. The van der Waals surface area contributed by atoms with Crippen LogP contribution in [-0.4, -0.2) is 43.2 Å². The number of carbonyl (C=O) groups is 1. The second kappa shape index (κ2) is 7.58. The van der Waals surface area contributed by atoms with Gasteiger partial charge in [-0.05, 0) is 38.7 Å². The van der Waals surface area contributed by atoms with E-state index in [4.69, 9.17) is 0 Å². The summed E-state index contributed by atoms with van der Waals surface area (Å²) in [5, 5.41) is 5.57. The second-order valence-corrected chi connectivity index (χ2v) is 7.38. The summed E-state index contributed by atoms with van der Waals surface area (Å²) in [5.41, 5.74) is 0.227. The molecule has 4 rings (SSSR count). The zero-order chi connectivity index (χ0) is 19.7. The Labute approximate surface area is 163 Å². The number of carbonyl (C=O) groups excluding carboxylic acids is 1. The van der Waals surface area contributed by atoms with Gasteiger partial charge in [0.25, 0.3) is 11.5 Å². The molecule has 0 radical (unpaired) electrons. The molecule has 3 aromatic rings. The number of fused-ring (bicyclic) bond motifs is 1. The fraction of sp³-hybridized carbons (Fsp3) is 0.429. The second-order valence-electron chi connectivity index (χ2n) is 7.38. The van der Waals surface area contributed by atoms with E-state index >= 15 is 0 Å². The summed E-state index contributed by atoms with van der Waals surface area (Å²) in [6, 6.07) is 7.24. The summed E-state index contributed by atoms with van der Waals surface area (Å²) < 4.78 is 3.55. The molecule has 1 amide bonds. The first-order chi connectivity index (χ1) is 13.6. The molecule has 3 heterocycles. The van der Waals surface area contributed by atoms with Gasteiger partial charge in [-0.15, -0.1) is 0 Å². The Balaban J connectivity index is 1.54. The van der Waals surface area contributed by atoms with Crippen LogP contribution in [0, 0.1) is 12.8 Å².